The first-order chi connectivity index (χ1) is 39.0. The third-order valence-corrected chi connectivity index (χ3v) is 13.3. The second kappa shape index (κ2) is 65.8. The molecule has 0 amide bonds. The van der Waals surface area contributed by atoms with Crippen molar-refractivity contribution in [3.8, 4) is 0 Å². The van der Waals surface area contributed by atoms with Crippen molar-refractivity contribution in [1.82, 2.24) is 0 Å². The monoisotopic (exact) mass is 1090 g/mol. The number of hydrogen-bond acceptors (Lipinski definition) is 6. The average molecular weight is 1090 g/mol. The second-order valence-corrected chi connectivity index (χ2v) is 20.9. The van der Waals surface area contributed by atoms with Crippen molar-refractivity contribution in [3.63, 3.8) is 0 Å². The second-order valence-electron chi connectivity index (χ2n) is 20.9. The highest BCUT2D eigenvalue weighted by Gasteiger charge is 2.19. The van der Waals surface area contributed by atoms with Crippen LogP contribution in [0.3, 0.4) is 0 Å². The maximum atomic E-state index is 12.9. The molecular weight excluding hydrogens is 973 g/mol. The molecule has 0 fully saturated rings. The van der Waals surface area contributed by atoms with Gasteiger partial charge in [0.25, 0.3) is 0 Å². The van der Waals surface area contributed by atoms with E-state index in [2.05, 4.69) is 167 Å². The molecule has 0 aliphatic rings. The highest BCUT2D eigenvalue weighted by atomic mass is 16.6. The Bertz CT molecular complexity index is 1730. The van der Waals surface area contributed by atoms with Crippen LogP contribution >= 0.6 is 0 Å². The van der Waals surface area contributed by atoms with Gasteiger partial charge in [0.15, 0.2) is 6.10 Å². The van der Waals surface area contributed by atoms with Crippen LogP contribution < -0.4 is 0 Å². The van der Waals surface area contributed by atoms with Crippen molar-refractivity contribution < 1.29 is 28.6 Å². The Morgan fingerprint density at radius 2 is 0.506 bits per heavy atom. The van der Waals surface area contributed by atoms with Crippen molar-refractivity contribution in [3.05, 3.63) is 146 Å². The van der Waals surface area contributed by atoms with Crippen LogP contribution in [0.25, 0.3) is 0 Å². The standard InChI is InChI=1S/C73H118O6/c1-4-7-10-13-16-19-22-24-26-28-30-31-32-33-34-35-36-37-38-39-40-41-43-44-46-48-51-54-57-60-63-66-72(75)78-69-70(68-77-71(74)65-62-59-56-53-50-21-18-15-12-9-6-3)79-73(76)67-64-61-58-55-52-49-47-45-42-29-27-25-23-20-17-14-11-8-5-2/h7,10,15-20,24-27,30-31,33-34,36-37,39-40,43-44,48,51,70H,4-6,8-9,11-14,21-23,28-29,32,35,38,41-42,45-47,49-50,52-69H2,1-3H3/b10-7-,18-15-,19-16-,20-17-,26-24-,27-25-,31-30-,34-33-,37-36-,40-39-,44-43-,51-48-. The number of hydrogen-bond donors (Lipinski definition) is 0. The molecule has 6 heteroatoms. The first-order valence-electron chi connectivity index (χ1n) is 32.3. The van der Waals surface area contributed by atoms with E-state index in [-0.39, 0.29) is 31.1 Å². The summed E-state index contributed by atoms with van der Waals surface area (Å²) >= 11 is 0. The van der Waals surface area contributed by atoms with Gasteiger partial charge in [-0.2, -0.15) is 0 Å². The minimum absolute atomic E-state index is 0.0989. The summed E-state index contributed by atoms with van der Waals surface area (Å²) in [5.41, 5.74) is 0. The summed E-state index contributed by atoms with van der Waals surface area (Å²) in [6, 6.07) is 0. The third-order valence-electron chi connectivity index (χ3n) is 13.3. The molecule has 0 aromatic rings. The van der Waals surface area contributed by atoms with Gasteiger partial charge in [0.1, 0.15) is 13.2 Å². The van der Waals surface area contributed by atoms with E-state index in [1.165, 1.54) is 96.3 Å². The quantitative estimate of drug-likeness (QED) is 0.0261. The Morgan fingerprint density at radius 1 is 0.266 bits per heavy atom. The van der Waals surface area contributed by atoms with E-state index in [4.69, 9.17) is 14.2 Å². The number of carbonyl (C=O) groups is 3. The molecule has 0 radical (unpaired) electrons. The van der Waals surface area contributed by atoms with Gasteiger partial charge in [-0.25, -0.2) is 0 Å². The number of carbonyl (C=O) groups excluding carboxylic acids is 3. The normalized spacial score (nSPS) is 13.1. The van der Waals surface area contributed by atoms with Gasteiger partial charge < -0.3 is 14.2 Å². The van der Waals surface area contributed by atoms with E-state index in [0.29, 0.717) is 19.3 Å². The Hall–Kier alpha value is -4.71. The molecule has 0 N–H and O–H groups in total. The van der Waals surface area contributed by atoms with E-state index < -0.39 is 6.10 Å². The molecule has 0 bridgehead atoms. The van der Waals surface area contributed by atoms with Gasteiger partial charge in [-0.05, 0) is 141 Å². The number of unbranched alkanes of at least 4 members (excludes halogenated alkanes) is 22. The Labute approximate surface area is 487 Å². The fourth-order valence-corrected chi connectivity index (χ4v) is 8.45. The van der Waals surface area contributed by atoms with Gasteiger partial charge >= 0.3 is 17.9 Å². The van der Waals surface area contributed by atoms with E-state index in [1.807, 2.05) is 0 Å². The summed E-state index contributed by atoms with van der Waals surface area (Å²) in [6.07, 6.45) is 94.3. The summed E-state index contributed by atoms with van der Waals surface area (Å²) < 4.78 is 16.9. The van der Waals surface area contributed by atoms with Crippen LogP contribution in [0, 0.1) is 0 Å². The van der Waals surface area contributed by atoms with Crippen molar-refractivity contribution in [2.75, 3.05) is 13.2 Å². The molecular formula is C73H118O6. The van der Waals surface area contributed by atoms with Crippen LogP contribution in [0.2, 0.25) is 0 Å². The molecule has 446 valence electrons. The smallest absolute Gasteiger partial charge is 0.306 e. The lowest BCUT2D eigenvalue weighted by molar-refractivity contribution is -0.167. The maximum Gasteiger partial charge on any atom is 0.306 e. The van der Waals surface area contributed by atoms with Crippen LogP contribution in [0.5, 0.6) is 0 Å². The van der Waals surface area contributed by atoms with Gasteiger partial charge in [0.2, 0.25) is 0 Å². The number of rotatable bonds is 57. The topological polar surface area (TPSA) is 78.9 Å². The molecule has 0 spiro atoms. The first-order valence-corrected chi connectivity index (χ1v) is 32.3. The zero-order valence-electron chi connectivity index (χ0n) is 51.1. The van der Waals surface area contributed by atoms with Crippen molar-refractivity contribution in [1.29, 1.82) is 0 Å². The van der Waals surface area contributed by atoms with Gasteiger partial charge in [-0.1, -0.05) is 263 Å². The molecule has 79 heavy (non-hydrogen) atoms. The Morgan fingerprint density at radius 3 is 0.835 bits per heavy atom. The number of ether oxygens (including phenoxy) is 3. The lowest BCUT2D eigenvalue weighted by Crippen LogP contribution is -2.30. The molecule has 0 aliphatic carbocycles. The SMILES string of the molecule is CC/C=C\C/C=C\C/C=C\C/C=C\C/C=C\C/C=C\C/C=C\C/C=C\C/C=C\CCCCCC(=O)OCC(COC(=O)CCCCCCC/C=C\CCCC)OC(=O)CCCCCCCCCCC/C=C\C/C=C\CCCCC. The van der Waals surface area contributed by atoms with Gasteiger partial charge in [0, 0.05) is 19.3 Å². The molecule has 1 atom stereocenters. The molecule has 0 rings (SSSR count). The molecule has 0 aromatic carbocycles. The largest absolute Gasteiger partial charge is 0.462 e. The molecule has 0 saturated carbocycles. The van der Waals surface area contributed by atoms with Crippen LogP contribution in [0.15, 0.2) is 146 Å². The highest BCUT2D eigenvalue weighted by Crippen LogP contribution is 2.14. The van der Waals surface area contributed by atoms with E-state index in [1.54, 1.807) is 0 Å². The predicted octanol–water partition coefficient (Wildman–Crippen LogP) is 22.3. The van der Waals surface area contributed by atoms with Crippen molar-refractivity contribution in [2.45, 2.75) is 284 Å². The van der Waals surface area contributed by atoms with Crippen molar-refractivity contribution in [2.24, 2.45) is 0 Å². The molecule has 0 heterocycles. The van der Waals surface area contributed by atoms with Crippen LogP contribution in [0.4, 0.5) is 0 Å². The summed E-state index contributed by atoms with van der Waals surface area (Å²) in [7, 11) is 0. The number of allylic oxidation sites excluding steroid dienone is 24. The molecule has 1 unspecified atom stereocenters. The predicted molar refractivity (Wildman–Crippen MR) is 343 cm³/mol. The first kappa shape index (κ1) is 74.3. The summed E-state index contributed by atoms with van der Waals surface area (Å²) in [5.74, 6) is -0.947. The summed E-state index contributed by atoms with van der Waals surface area (Å²) in [6.45, 7) is 6.43. The maximum absolute atomic E-state index is 12.9. The van der Waals surface area contributed by atoms with Gasteiger partial charge in [0.05, 0.1) is 0 Å². The molecule has 6 nitrogen and oxygen atoms in total. The fraction of sp³-hybridized carbons (Fsp3) is 0.630. The van der Waals surface area contributed by atoms with Crippen LogP contribution in [-0.4, -0.2) is 37.2 Å². The molecule has 0 aromatic heterocycles. The van der Waals surface area contributed by atoms with Gasteiger partial charge in [-0.15, -0.1) is 0 Å². The Kier molecular flexibility index (Phi) is 61.9. The van der Waals surface area contributed by atoms with Gasteiger partial charge in [-0.3, -0.25) is 14.4 Å². The molecule has 0 saturated heterocycles. The van der Waals surface area contributed by atoms with Crippen LogP contribution in [0.1, 0.15) is 278 Å². The highest BCUT2D eigenvalue weighted by molar-refractivity contribution is 5.71. The zero-order chi connectivity index (χ0) is 57.1. The van der Waals surface area contributed by atoms with Crippen LogP contribution in [-0.2, 0) is 28.6 Å². The minimum Gasteiger partial charge on any atom is -0.462 e. The van der Waals surface area contributed by atoms with Crippen molar-refractivity contribution >= 4 is 17.9 Å². The summed E-state index contributed by atoms with van der Waals surface area (Å²) in [4.78, 5) is 38.2. The number of esters is 3. The van der Waals surface area contributed by atoms with E-state index >= 15 is 0 Å². The molecule has 0 aliphatic heterocycles. The van der Waals surface area contributed by atoms with E-state index in [0.717, 1.165) is 141 Å². The minimum atomic E-state index is -0.804. The zero-order valence-corrected chi connectivity index (χ0v) is 51.1. The average Bonchev–Trinajstić information content (AvgIpc) is 3.45. The third kappa shape index (κ3) is 64.0. The Balaban J connectivity index is 4.37. The lowest BCUT2D eigenvalue weighted by Gasteiger charge is -2.18. The lowest BCUT2D eigenvalue weighted by atomic mass is 10.1. The summed E-state index contributed by atoms with van der Waals surface area (Å²) in [5, 5.41) is 0. The van der Waals surface area contributed by atoms with E-state index in [9.17, 15) is 14.4 Å². The fourth-order valence-electron chi connectivity index (χ4n) is 8.45.